The largest absolute Gasteiger partial charge is 0.497 e. The van der Waals surface area contributed by atoms with Crippen LogP contribution in [-0.4, -0.2) is 42.7 Å². The predicted molar refractivity (Wildman–Crippen MR) is 74.6 cm³/mol. The van der Waals surface area contributed by atoms with Crippen molar-refractivity contribution in [2.24, 2.45) is 0 Å². The van der Waals surface area contributed by atoms with Crippen LogP contribution in [0.15, 0.2) is 22.7 Å². The minimum absolute atomic E-state index is 0.0915. The molecule has 19 heavy (non-hydrogen) atoms. The fraction of sp³-hybridized carbons (Fsp3) is 0.333. The van der Waals surface area contributed by atoms with Crippen LogP contribution < -0.4 is 10.1 Å². The van der Waals surface area contributed by atoms with Gasteiger partial charge in [-0.2, -0.15) is 0 Å². The molecule has 0 spiro atoms. The number of rotatable bonds is 5. The van der Waals surface area contributed by atoms with Crippen LogP contribution >= 0.6 is 15.9 Å². The molecular formula is C12H15BrN2O4. The van der Waals surface area contributed by atoms with Gasteiger partial charge in [0.1, 0.15) is 5.75 Å². The van der Waals surface area contributed by atoms with E-state index < -0.39 is 5.97 Å². The van der Waals surface area contributed by atoms with Gasteiger partial charge in [0.2, 0.25) is 0 Å². The number of hydrogen-bond donors (Lipinski definition) is 2. The molecule has 104 valence electrons. The van der Waals surface area contributed by atoms with E-state index in [0.717, 1.165) is 4.47 Å². The molecular weight excluding hydrogens is 316 g/mol. The van der Waals surface area contributed by atoms with Crippen molar-refractivity contribution in [2.45, 2.75) is 6.42 Å². The Kier molecular flexibility index (Phi) is 5.62. The van der Waals surface area contributed by atoms with E-state index in [1.807, 2.05) is 0 Å². The first-order valence-electron chi connectivity index (χ1n) is 5.51. The highest BCUT2D eigenvalue weighted by molar-refractivity contribution is 9.10. The van der Waals surface area contributed by atoms with Gasteiger partial charge in [-0.15, -0.1) is 0 Å². The Labute approximate surface area is 119 Å². The average Bonchev–Trinajstić information content (AvgIpc) is 2.34. The number of carbonyl (C=O) groups is 2. The topological polar surface area (TPSA) is 78.9 Å². The lowest BCUT2D eigenvalue weighted by atomic mass is 10.3. The van der Waals surface area contributed by atoms with Crippen LogP contribution in [0.2, 0.25) is 0 Å². The zero-order valence-corrected chi connectivity index (χ0v) is 12.2. The van der Waals surface area contributed by atoms with Gasteiger partial charge in [0.05, 0.1) is 13.5 Å². The van der Waals surface area contributed by atoms with E-state index >= 15 is 0 Å². The maximum absolute atomic E-state index is 11.8. The van der Waals surface area contributed by atoms with Gasteiger partial charge in [-0.25, -0.2) is 4.79 Å². The average molecular weight is 331 g/mol. The molecule has 0 aliphatic heterocycles. The number of amides is 2. The fourth-order valence-corrected chi connectivity index (χ4v) is 1.81. The molecule has 0 saturated carbocycles. The predicted octanol–water partition coefficient (Wildman–Crippen LogP) is 2.40. The highest BCUT2D eigenvalue weighted by Crippen LogP contribution is 2.24. The van der Waals surface area contributed by atoms with Crippen molar-refractivity contribution in [2.75, 3.05) is 26.0 Å². The van der Waals surface area contributed by atoms with Gasteiger partial charge in [-0.1, -0.05) is 15.9 Å². The third-order valence-electron chi connectivity index (χ3n) is 2.37. The number of urea groups is 1. The number of anilines is 1. The Hall–Kier alpha value is -1.76. The highest BCUT2D eigenvalue weighted by Gasteiger charge is 2.11. The van der Waals surface area contributed by atoms with Crippen LogP contribution in [0.25, 0.3) is 0 Å². The Morgan fingerprint density at radius 3 is 2.68 bits per heavy atom. The van der Waals surface area contributed by atoms with Crippen molar-refractivity contribution < 1.29 is 19.4 Å². The van der Waals surface area contributed by atoms with E-state index in [-0.39, 0.29) is 19.0 Å². The molecule has 2 N–H and O–H groups in total. The second-order valence-electron chi connectivity index (χ2n) is 3.88. The quantitative estimate of drug-likeness (QED) is 0.868. The summed E-state index contributed by atoms with van der Waals surface area (Å²) in [7, 11) is 3.07. The number of hydrogen-bond acceptors (Lipinski definition) is 3. The third kappa shape index (κ3) is 5.17. The maximum atomic E-state index is 11.8. The maximum Gasteiger partial charge on any atom is 0.321 e. The Morgan fingerprint density at radius 2 is 2.11 bits per heavy atom. The number of carboxylic acids is 1. The molecule has 7 heteroatoms. The van der Waals surface area contributed by atoms with E-state index in [2.05, 4.69) is 21.2 Å². The molecule has 0 unspecified atom stereocenters. The number of nitrogens with one attached hydrogen (secondary N) is 1. The minimum atomic E-state index is -0.941. The first-order chi connectivity index (χ1) is 8.92. The zero-order valence-electron chi connectivity index (χ0n) is 10.6. The summed E-state index contributed by atoms with van der Waals surface area (Å²) >= 11 is 3.31. The van der Waals surface area contributed by atoms with Crippen LogP contribution in [0.3, 0.4) is 0 Å². The summed E-state index contributed by atoms with van der Waals surface area (Å²) in [6.07, 6.45) is -0.0915. The molecule has 0 atom stereocenters. The molecule has 0 aliphatic rings. The first-order valence-corrected chi connectivity index (χ1v) is 6.30. The van der Waals surface area contributed by atoms with Gasteiger partial charge in [-0.3, -0.25) is 4.79 Å². The lowest BCUT2D eigenvalue weighted by molar-refractivity contribution is -0.137. The molecule has 6 nitrogen and oxygen atoms in total. The van der Waals surface area contributed by atoms with Gasteiger partial charge in [0.25, 0.3) is 0 Å². The Balaban J connectivity index is 2.65. The molecule has 0 radical (unpaired) electrons. The zero-order chi connectivity index (χ0) is 14.4. The summed E-state index contributed by atoms with van der Waals surface area (Å²) in [5, 5.41) is 11.2. The van der Waals surface area contributed by atoms with Gasteiger partial charge in [-0.05, 0) is 12.1 Å². The van der Waals surface area contributed by atoms with Crippen LogP contribution in [-0.2, 0) is 4.79 Å². The van der Waals surface area contributed by atoms with E-state index in [1.165, 1.54) is 19.1 Å². The lowest BCUT2D eigenvalue weighted by Crippen LogP contribution is -2.33. The van der Waals surface area contributed by atoms with Crippen molar-refractivity contribution in [3.05, 3.63) is 22.7 Å². The number of benzene rings is 1. The van der Waals surface area contributed by atoms with Crippen molar-refractivity contribution in [3.63, 3.8) is 0 Å². The second-order valence-corrected chi connectivity index (χ2v) is 4.79. The van der Waals surface area contributed by atoms with E-state index in [4.69, 9.17) is 9.84 Å². The van der Waals surface area contributed by atoms with Gasteiger partial charge in [0.15, 0.2) is 0 Å². The van der Waals surface area contributed by atoms with Gasteiger partial charge >= 0.3 is 12.0 Å². The number of carbonyl (C=O) groups excluding carboxylic acids is 1. The first kappa shape index (κ1) is 15.3. The van der Waals surface area contributed by atoms with Crippen LogP contribution in [0.1, 0.15) is 6.42 Å². The summed E-state index contributed by atoms with van der Waals surface area (Å²) in [5.41, 5.74) is 0.568. The summed E-state index contributed by atoms with van der Waals surface area (Å²) in [6, 6.07) is 4.80. The molecule has 0 aliphatic carbocycles. The smallest absolute Gasteiger partial charge is 0.321 e. The van der Waals surface area contributed by atoms with Gasteiger partial charge < -0.3 is 20.1 Å². The van der Waals surface area contributed by atoms with Crippen molar-refractivity contribution in [1.29, 1.82) is 0 Å². The van der Waals surface area contributed by atoms with Gasteiger partial charge in [0, 0.05) is 29.8 Å². The highest BCUT2D eigenvalue weighted by atomic mass is 79.9. The summed E-state index contributed by atoms with van der Waals surface area (Å²) < 4.78 is 5.86. The number of carboxylic acid groups (broad SMARTS) is 1. The monoisotopic (exact) mass is 330 g/mol. The van der Waals surface area contributed by atoms with Crippen LogP contribution in [0, 0.1) is 0 Å². The Morgan fingerprint density at radius 1 is 1.42 bits per heavy atom. The van der Waals surface area contributed by atoms with Crippen LogP contribution in [0.4, 0.5) is 10.5 Å². The summed E-state index contributed by atoms with van der Waals surface area (Å²) in [4.78, 5) is 23.5. The summed E-state index contributed by atoms with van der Waals surface area (Å²) in [5.74, 6) is -0.332. The number of methoxy groups -OCH3 is 1. The van der Waals surface area contributed by atoms with Crippen molar-refractivity contribution in [1.82, 2.24) is 4.90 Å². The molecule has 0 bridgehead atoms. The number of ether oxygens (including phenoxy) is 1. The molecule has 0 aromatic heterocycles. The molecule has 1 aromatic rings. The fourth-order valence-electron chi connectivity index (χ4n) is 1.34. The van der Waals surface area contributed by atoms with E-state index in [1.54, 1.807) is 18.2 Å². The van der Waals surface area contributed by atoms with Crippen molar-refractivity contribution in [3.8, 4) is 5.75 Å². The second kappa shape index (κ2) is 6.98. The molecule has 2 amide bonds. The number of halogens is 1. The van der Waals surface area contributed by atoms with Crippen LogP contribution in [0.5, 0.6) is 5.75 Å². The normalized spacial score (nSPS) is 9.84. The van der Waals surface area contributed by atoms with E-state index in [9.17, 15) is 9.59 Å². The van der Waals surface area contributed by atoms with Crippen molar-refractivity contribution >= 4 is 33.6 Å². The number of aliphatic carboxylic acids is 1. The lowest BCUT2D eigenvalue weighted by Gasteiger charge is -2.17. The molecule has 0 fully saturated rings. The number of nitrogens with zero attached hydrogens (tertiary/aromatic N) is 1. The van der Waals surface area contributed by atoms with E-state index in [0.29, 0.717) is 11.4 Å². The standard InChI is InChI=1S/C12H15BrN2O4/c1-15(4-3-11(16)17)12(18)14-9-5-8(13)6-10(7-9)19-2/h5-7H,3-4H2,1-2H3,(H,14,18)(H,16,17). The molecule has 1 aromatic carbocycles. The minimum Gasteiger partial charge on any atom is -0.497 e. The molecule has 1 rings (SSSR count). The Bertz CT molecular complexity index is 479. The summed E-state index contributed by atoms with van der Waals surface area (Å²) in [6.45, 7) is 0.145. The molecule has 0 heterocycles. The SMILES string of the molecule is COc1cc(Br)cc(NC(=O)N(C)CCC(=O)O)c1. The molecule has 0 saturated heterocycles. The third-order valence-corrected chi connectivity index (χ3v) is 2.82.